The monoisotopic (exact) mass is 350 g/mol. The highest BCUT2D eigenvalue weighted by Gasteiger charge is 2.40. The van der Waals surface area contributed by atoms with Crippen LogP contribution in [0.15, 0.2) is 0 Å². The first-order chi connectivity index (χ1) is 11.9. The Bertz CT molecular complexity index is 587. The number of carbonyl (C=O) groups is 4. The molecule has 2 heterocycles. The number of carbonyl (C=O) groups excluding carboxylic acids is 4. The lowest BCUT2D eigenvalue weighted by molar-refractivity contribution is -0.145. The zero-order valence-electron chi connectivity index (χ0n) is 14.6. The number of ketones is 1. The first kappa shape index (κ1) is 17.7. The largest absolute Gasteiger partial charge is 0.351 e. The Kier molecular flexibility index (Phi) is 4.96. The zero-order valence-corrected chi connectivity index (χ0v) is 14.6. The molecule has 2 unspecified atom stereocenters. The van der Waals surface area contributed by atoms with Gasteiger partial charge in [-0.1, -0.05) is 0 Å². The predicted molar refractivity (Wildman–Crippen MR) is 89.4 cm³/mol. The van der Waals surface area contributed by atoms with E-state index in [1.807, 2.05) is 4.90 Å². The molecule has 25 heavy (non-hydrogen) atoms. The number of hydrogen-bond donors (Lipinski definition) is 1. The van der Waals surface area contributed by atoms with E-state index in [2.05, 4.69) is 0 Å². The van der Waals surface area contributed by atoms with E-state index in [1.54, 1.807) is 11.9 Å². The van der Waals surface area contributed by atoms with Crippen LogP contribution in [-0.2, 0) is 14.4 Å². The molecule has 1 aliphatic carbocycles. The smallest absolute Gasteiger partial charge is 0.314 e. The van der Waals surface area contributed by atoms with E-state index in [0.717, 1.165) is 12.8 Å². The number of urea groups is 1. The molecule has 3 fully saturated rings. The number of hydrogen-bond acceptors (Lipinski definition) is 4. The summed E-state index contributed by atoms with van der Waals surface area (Å²) < 4.78 is 0. The summed E-state index contributed by atoms with van der Waals surface area (Å²) in [6, 6.07) is -0.503. The van der Waals surface area contributed by atoms with E-state index < -0.39 is 6.03 Å². The molecule has 0 bridgehead atoms. The maximum absolute atomic E-state index is 12.6. The van der Waals surface area contributed by atoms with E-state index in [4.69, 9.17) is 5.73 Å². The third-order valence-corrected chi connectivity index (χ3v) is 5.74. The second-order valence-electron chi connectivity index (χ2n) is 7.45. The van der Waals surface area contributed by atoms with Crippen LogP contribution in [0.25, 0.3) is 0 Å². The van der Waals surface area contributed by atoms with E-state index >= 15 is 0 Å². The maximum Gasteiger partial charge on any atom is 0.314 e. The van der Waals surface area contributed by atoms with Gasteiger partial charge in [-0.2, -0.15) is 0 Å². The number of nitrogens with two attached hydrogens (primary N) is 1. The van der Waals surface area contributed by atoms with Crippen LogP contribution in [0.3, 0.4) is 0 Å². The van der Waals surface area contributed by atoms with Gasteiger partial charge in [0.2, 0.25) is 11.8 Å². The molecule has 3 rings (SSSR count). The Balaban J connectivity index is 1.54. The average Bonchev–Trinajstić information content (AvgIpc) is 2.98. The quantitative estimate of drug-likeness (QED) is 0.762. The molecule has 0 aromatic rings. The molecule has 8 heteroatoms. The summed E-state index contributed by atoms with van der Waals surface area (Å²) in [7, 11) is 1.77. The number of likely N-dealkylation sites (N-methyl/N-ethyl adjacent to an activating group) is 1. The normalized spacial score (nSPS) is 27.2. The van der Waals surface area contributed by atoms with Crippen LogP contribution in [0.4, 0.5) is 4.79 Å². The van der Waals surface area contributed by atoms with Gasteiger partial charge in [-0.3, -0.25) is 14.4 Å². The van der Waals surface area contributed by atoms with Crippen LogP contribution in [-0.4, -0.2) is 77.6 Å². The predicted octanol–water partition coefficient (Wildman–Crippen LogP) is -0.184. The van der Waals surface area contributed by atoms with Crippen LogP contribution in [0, 0.1) is 11.8 Å². The van der Waals surface area contributed by atoms with Crippen molar-refractivity contribution in [3.63, 3.8) is 0 Å². The number of amides is 4. The average molecular weight is 350 g/mol. The highest BCUT2D eigenvalue weighted by molar-refractivity contribution is 5.90. The first-order valence-electron chi connectivity index (χ1n) is 8.98. The Morgan fingerprint density at radius 3 is 2.40 bits per heavy atom. The maximum atomic E-state index is 12.6. The summed E-state index contributed by atoms with van der Waals surface area (Å²) in [6.07, 6.45) is 3.23. The van der Waals surface area contributed by atoms with Gasteiger partial charge in [-0.05, 0) is 19.3 Å². The van der Waals surface area contributed by atoms with E-state index in [0.29, 0.717) is 45.4 Å². The fraction of sp³-hybridized carbons (Fsp3) is 0.765. The number of nitrogens with zero attached hydrogens (tertiary/aromatic N) is 3. The topological polar surface area (TPSA) is 104 Å². The summed E-state index contributed by atoms with van der Waals surface area (Å²) in [5.41, 5.74) is 5.19. The van der Waals surface area contributed by atoms with Gasteiger partial charge in [0, 0.05) is 58.0 Å². The van der Waals surface area contributed by atoms with Crippen molar-refractivity contribution in [1.29, 1.82) is 0 Å². The summed E-state index contributed by atoms with van der Waals surface area (Å²) in [6.45, 7) is 1.97. The van der Waals surface area contributed by atoms with Crippen molar-refractivity contribution in [3.05, 3.63) is 0 Å². The van der Waals surface area contributed by atoms with E-state index in [1.165, 1.54) is 4.90 Å². The van der Waals surface area contributed by atoms with Crippen molar-refractivity contribution in [2.75, 3.05) is 33.2 Å². The summed E-state index contributed by atoms with van der Waals surface area (Å²) in [4.78, 5) is 52.6. The Labute approximate surface area is 147 Å². The lowest BCUT2D eigenvalue weighted by Crippen LogP contribution is -2.60. The van der Waals surface area contributed by atoms with Gasteiger partial charge >= 0.3 is 6.03 Å². The number of rotatable bonds is 3. The summed E-state index contributed by atoms with van der Waals surface area (Å²) in [5, 5.41) is 0. The van der Waals surface area contributed by atoms with Gasteiger partial charge in [0.1, 0.15) is 5.78 Å². The van der Waals surface area contributed by atoms with Crippen molar-refractivity contribution in [1.82, 2.24) is 14.7 Å². The second kappa shape index (κ2) is 7.01. The fourth-order valence-electron chi connectivity index (χ4n) is 4.04. The molecule has 138 valence electrons. The standard InChI is InChI=1S/C17H26N4O4/c1-19(15(23)12-8-21(9-12)17(18)25)13-3-2-6-20(10-13)16(24)11-4-5-14(22)7-11/h11-13H,2-10H2,1H3,(H2,18,25). The summed E-state index contributed by atoms with van der Waals surface area (Å²) in [5.74, 6) is -0.143. The molecule has 2 N–H and O–H groups in total. The SMILES string of the molecule is CN(C(=O)C1CN(C(N)=O)C1)C1CCCN(C(=O)C2CCC(=O)C2)C1. The van der Waals surface area contributed by atoms with Gasteiger partial charge in [0.15, 0.2) is 0 Å². The highest BCUT2D eigenvalue weighted by Crippen LogP contribution is 2.27. The number of piperidine rings is 1. The van der Waals surface area contributed by atoms with E-state index in [-0.39, 0.29) is 35.5 Å². The molecule has 8 nitrogen and oxygen atoms in total. The molecule has 1 saturated carbocycles. The van der Waals surface area contributed by atoms with Gasteiger partial charge in [-0.25, -0.2) is 4.79 Å². The minimum absolute atomic E-state index is 0.00726. The zero-order chi connectivity index (χ0) is 18.1. The molecular formula is C17H26N4O4. The third-order valence-electron chi connectivity index (χ3n) is 5.74. The molecule has 2 saturated heterocycles. The van der Waals surface area contributed by atoms with Crippen LogP contribution >= 0.6 is 0 Å². The molecule has 0 spiro atoms. The second-order valence-corrected chi connectivity index (χ2v) is 7.45. The van der Waals surface area contributed by atoms with Gasteiger partial charge < -0.3 is 20.4 Å². The van der Waals surface area contributed by atoms with Gasteiger partial charge in [-0.15, -0.1) is 0 Å². The Morgan fingerprint density at radius 2 is 1.80 bits per heavy atom. The molecule has 0 aromatic heterocycles. The summed E-state index contributed by atoms with van der Waals surface area (Å²) >= 11 is 0. The van der Waals surface area contributed by atoms with Crippen LogP contribution in [0.2, 0.25) is 0 Å². The minimum Gasteiger partial charge on any atom is -0.351 e. The van der Waals surface area contributed by atoms with Crippen molar-refractivity contribution >= 4 is 23.6 Å². The fourth-order valence-corrected chi connectivity index (χ4v) is 4.04. The molecule has 3 aliphatic rings. The first-order valence-corrected chi connectivity index (χ1v) is 8.98. The lowest BCUT2D eigenvalue weighted by atomic mass is 9.96. The Hall–Kier alpha value is -2.12. The molecule has 2 atom stereocenters. The molecule has 4 amide bonds. The lowest BCUT2D eigenvalue weighted by Gasteiger charge is -2.43. The highest BCUT2D eigenvalue weighted by atomic mass is 16.2. The van der Waals surface area contributed by atoms with Crippen molar-refractivity contribution in [2.45, 2.75) is 38.1 Å². The number of Topliss-reactive ketones (excluding diaryl/α,β-unsaturated/α-hetero) is 1. The molecule has 0 aromatic carbocycles. The third kappa shape index (κ3) is 3.62. The minimum atomic E-state index is -0.493. The van der Waals surface area contributed by atoms with Crippen molar-refractivity contribution in [3.8, 4) is 0 Å². The van der Waals surface area contributed by atoms with Crippen LogP contribution in [0.1, 0.15) is 32.1 Å². The van der Waals surface area contributed by atoms with Gasteiger partial charge in [0.05, 0.1) is 5.92 Å². The number of likely N-dealkylation sites (tertiary alicyclic amines) is 2. The van der Waals surface area contributed by atoms with Gasteiger partial charge in [0.25, 0.3) is 0 Å². The Morgan fingerprint density at radius 1 is 1.08 bits per heavy atom. The van der Waals surface area contributed by atoms with Crippen LogP contribution in [0.5, 0.6) is 0 Å². The van der Waals surface area contributed by atoms with Crippen molar-refractivity contribution in [2.24, 2.45) is 17.6 Å². The molecular weight excluding hydrogens is 324 g/mol. The number of primary amides is 1. The van der Waals surface area contributed by atoms with Crippen molar-refractivity contribution < 1.29 is 19.2 Å². The molecule has 0 radical (unpaired) electrons. The van der Waals surface area contributed by atoms with E-state index in [9.17, 15) is 19.2 Å². The van der Waals surface area contributed by atoms with Crippen LogP contribution < -0.4 is 5.73 Å². The molecule has 2 aliphatic heterocycles.